The van der Waals surface area contributed by atoms with Gasteiger partial charge in [0.2, 0.25) is 0 Å². The monoisotopic (exact) mass is 476 g/mol. The molecule has 3 aromatic rings. The van der Waals surface area contributed by atoms with E-state index in [1.165, 1.54) is 0 Å². The summed E-state index contributed by atoms with van der Waals surface area (Å²) >= 11 is 0. The molecule has 0 spiro atoms. The van der Waals surface area contributed by atoms with Gasteiger partial charge in [0.15, 0.2) is 5.96 Å². The Morgan fingerprint density at radius 2 is 1.93 bits per heavy atom. The van der Waals surface area contributed by atoms with Crippen LogP contribution in [-0.4, -0.2) is 39.9 Å². The second kappa shape index (κ2) is 10.1. The van der Waals surface area contributed by atoms with Gasteiger partial charge in [-0.2, -0.15) is 0 Å². The largest absolute Gasteiger partial charge is 0.351 e. The van der Waals surface area contributed by atoms with Crippen molar-refractivity contribution in [3.63, 3.8) is 0 Å². The van der Waals surface area contributed by atoms with Gasteiger partial charge >= 0.3 is 0 Å². The van der Waals surface area contributed by atoms with Gasteiger partial charge in [0.25, 0.3) is 0 Å². The van der Waals surface area contributed by atoms with Crippen molar-refractivity contribution in [3.8, 4) is 11.3 Å². The minimum Gasteiger partial charge on any atom is -0.351 e. The van der Waals surface area contributed by atoms with Gasteiger partial charge in [-0.1, -0.05) is 36.4 Å². The van der Waals surface area contributed by atoms with Crippen LogP contribution < -0.4 is 5.32 Å². The third-order valence-corrected chi connectivity index (χ3v) is 4.05. The van der Waals surface area contributed by atoms with E-state index in [4.69, 9.17) is 0 Å². The molecule has 0 atom stereocenters. The van der Waals surface area contributed by atoms with E-state index in [2.05, 4.69) is 37.4 Å². The molecule has 7 heteroatoms. The van der Waals surface area contributed by atoms with E-state index in [0.29, 0.717) is 13.1 Å². The van der Waals surface area contributed by atoms with Crippen molar-refractivity contribution in [2.24, 2.45) is 4.99 Å². The summed E-state index contributed by atoms with van der Waals surface area (Å²) < 4.78 is 0. The van der Waals surface area contributed by atoms with E-state index in [1.807, 2.05) is 61.5 Å². The molecule has 142 valence electrons. The zero-order valence-corrected chi connectivity index (χ0v) is 18.1. The minimum atomic E-state index is 0. The number of imidazole rings is 1. The quantitative estimate of drug-likeness (QED) is 0.336. The second-order valence-electron chi connectivity index (χ2n) is 6.14. The van der Waals surface area contributed by atoms with E-state index >= 15 is 0 Å². The maximum Gasteiger partial charge on any atom is 0.194 e. The molecule has 0 radical (unpaired) electrons. The van der Waals surface area contributed by atoms with Crippen molar-refractivity contribution in [2.45, 2.75) is 20.0 Å². The summed E-state index contributed by atoms with van der Waals surface area (Å²) in [6, 6.07) is 16.2. The summed E-state index contributed by atoms with van der Waals surface area (Å²) in [5.74, 6) is 1.69. The molecule has 2 N–H and O–H groups in total. The molecule has 27 heavy (non-hydrogen) atoms. The van der Waals surface area contributed by atoms with E-state index < -0.39 is 0 Å². The molecule has 0 bridgehead atoms. The third kappa shape index (κ3) is 5.78. The van der Waals surface area contributed by atoms with Crippen molar-refractivity contribution >= 4 is 29.9 Å². The molecule has 0 unspecified atom stereocenters. The minimum absolute atomic E-state index is 0. The molecule has 0 aliphatic carbocycles. The van der Waals surface area contributed by atoms with Crippen LogP contribution in [-0.2, 0) is 13.1 Å². The average molecular weight is 476 g/mol. The van der Waals surface area contributed by atoms with Crippen LogP contribution in [0.5, 0.6) is 0 Å². The standard InChI is InChI=1S/C20H24N6.HI/c1-15-8-7-11-17(24-15)12-23-20(21-2)26(3)14-19-22-13-18(25-19)16-9-5-4-6-10-16;/h4-11,13H,12,14H2,1-3H3,(H,21,23)(H,22,25);1H. The number of pyridine rings is 1. The van der Waals surface area contributed by atoms with Crippen LogP contribution in [0, 0.1) is 6.92 Å². The number of guanidine groups is 1. The average Bonchev–Trinajstić information content (AvgIpc) is 3.11. The molecule has 2 aromatic heterocycles. The molecule has 0 amide bonds. The first kappa shape index (κ1) is 20.9. The summed E-state index contributed by atoms with van der Waals surface area (Å²) in [6.07, 6.45) is 1.87. The van der Waals surface area contributed by atoms with Gasteiger partial charge in [-0.3, -0.25) is 9.98 Å². The van der Waals surface area contributed by atoms with Gasteiger partial charge < -0.3 is 15.2 Å². The zero-order chi connectivity index (χ0) is 18.4. The van der Waals surface area contributed by atoms with Crippen molar-refractivity contribution in [2.75, 3.05) is 14.1 Å². The van der Waals surface area contributed by atoms with Crippen LogP contribution in [0.25, 0.3) is 11.3 Å². The SMILES string of the molecule is CN=C(NCc1cccc(C)n1)N(C)Cc1ncc(-c2ccccc2)[nH]1.I. The predicted octanol–water partition coefficient (Wildman–Crippen LogP) is 3.61. The summed E-state index contributed by atoms with van der Waals surface area (Å²) in [4.78, 5) is 18.7. The normalized spacial score (nSPS) is 11.0. The highest BCUT2D eigenvalue weighted by Crippen LogP contribution is 2.16. The molecular weight excluding hydrogens is 451 g/mol. The van der Waals surface area contributed by atoms with Crippen LogP contribution in [0.4, 0.5) is 0 Å². The van der Waals surface area contributed by atoms with E-state index in [1.54, 1.807) is 7.05 Å². The van der Waals surface area contributed by atoms with E-state index in [0.717, 1.165) is 34.4 Å². The number of nitrogens with zero attached hydrogens (tertiary/aromatic N) is 4. The number of hydrogen-bond acceptors (Lipinski definition) is 3. The highest BCUT2D eigenvalue weighted by atomic mass is 127. The Hall–Kier alpha value is -2.42. The molecular formula is C20H25IN6. The number of hydrogen-bond donors (Lipinski definition) is 2. The molecule has 0 saturated carbocycles. The Balaban J connectivity index is 0.00000261. The number of aromatic nitrogens is 3. The van der Waals surface area contributed by atoms with E-state index in [9.17, 15) is 0 Å². The number of halogens is 1. The van der Waals surface area contributed by atoms with Crippen molar-refractivity contribution in [1.29, 1.82) is 0 Å². The fraction of sp³-hybridized carbons (Fsp3) is 0.250. The number of aliphatic imine (C=N–C) groups is 1. The Kier molecular flexibility index (Phi) is 7.78. The molecule has 2 heterocycles. The number of aromatic amines is 1. The Morgan fingerprint density at radius 3 is 2.63 bits per heavy atom. The lowest BCUT2D eigenvalue weighted by Crippen LogP contribution is -2.38. The molecule has 0 saturated heterocycles. The summed E-state index contributed by atoms with van der Waals surface area (Å²) in [6.45, 7) is 3.26. The number of nitrogens with one attached hydrogen (secondary N) is 2. The van der Waals surface area contributed by atoms with Crippen LogP contribution in [0.3, 0.4) is 0 Å². The van der Waals surface area contributed by atoms with Crippen LogP contribution in [0.15, 0.2) is 59.7 Å². The van der Waals surface area contributed by atoms with Crippen molar-refractivity contribution in [1.82, 2.24) is 25.2 Å². The Morgan fingerprint density at radius 1 is 1.15 bits per heavy atom. The highest BCUT2D eigenvalue weighted by Gasteiger charge is 2.10. The third-order valence-electron chi connectivity index (χ3n) is 4.05. The van der Waals surface area contributed by atoms with Crippen molar-refractivity contribution in [3.05, 3.63) is 71.9 Å². The van der Waals surface area contributed by atoms with Crippen molar-refractivity contribution < 1.29 is 0 Å². The lowest BCUT2D eigenvalue weighted by molar-refractivity contribution is 0.463. The van der Waals surface area contributed by atoms with Crippen LogP contribution >= 0.6 is 24.0 Å². The maximum atomic E-state index is 4.51. The molecule has 0 aliphatic rings. The zero-order valence-electron chi connectivity index (χ0n) is 15.8. The summed E-state index contributed by atoms with van der Waals surface area (Å²) in [7, 11) is 3.77. The molecule has 3 rings (SSSR count). The van der Waals surface area contributed by atoms with Crippen LogP contribution in [0.2, 0.25) is 0 Å². The fourth-order valence-electron chi connectivity index (χ4n) is 2.76. The topological polar surface area (TPSA) is 69.2 Å². The number of rotatable bonds is 5. The predicted molar refractivity (Wildman–Crippen MR) is 120 cm³/mol. The lowest BCUT2D eigenvalue weighted by atomic mass is 10.2. The van der Waals surface area contributed by atoms with Gasteiger partial charge in [-0.05, 0) is 24.6 Å². The summed E-state index contributed by atoms with van der Waals surface area (Å²) in [5, 5.41) is 3.34. The number of benzene rings is 1. The number of H-pyrrole nitrogens is 1. The first-order valence-electron chi connectivity index (χ1n) is 8.59. The molecule has 6 nitrogen and oxygen atoms in total. The van der Waals surface area contributed by atoms with Gasteiger partial charge in [0.1, 0.15) is 5.82 Å². The summed E-state index contributed by atoms with van der Waals surface area (Å²) in [5.41, 5.74) is 4.14. The van der Waals surface area contributed by atoms with E-state index in [-0.39, 0.29) is 24.0 Å². The Labute approximate surface area is 177 Å². The van der Waals surface area contributed by atoms with Gasteiger partial charge in [0, 0.05) is 19.8 Å². The molecule has 0 aliphatic heterocycles. The lowest BCUT2D eigenvalue weighted by Gasteiger charge is -2.21. The smallest absolute Gasteiger partial charge is 0.194 e. The first-order valence-corrected chi connectivity index (χ1v) is 8.59. The van der Waals surface area contributed by atoms with Gasteiger partial charge in [0.05, 0.1) is 30.7 Å². The second-order valence-corrected chi connectivity index (χ2v) is 6.14. The fourth-order valence-corrected chi connectivity index (χ4v) is 2.76. The van der Waals surface area contributed by atoms with Gasteiger partial charge in [-0.25, -0.2) is 4.98 Å². The number of aryl methyl sites for hydroxylation is 1. The maximum absolute atomic E-state index is 4.51. The first-order chi connectivity index (χ1) is 12.7. The highest BCUT2D eigenvalue weighted by molar-refractivity contribution is 14.0. The van der Waals surface area contributed by atoms with Crippen LogP contribution in [0.1, 0.15) is 17.2 Å². The Bertz CT molecular complexity index is 875. The molecule has 1 aromatic carbocycles. The van der Waals surface area contributed by atoms with Gasteiger partial charge in [-0.15, -0.1) is 24.0 Å². The molecule has 0 fully saturated rings.